The minimum Gasteiger partial charge on any atom is -0.549 e. The van der Waals surface area contributed by atoms with Crippen molar-refractivity contribution < 1.29 is 98.4 Å². The number of carbonyl (C=O) groups excluding carboxylic acids is 10. The fourth-order valence-electron chi connectivity index (χ4n) is 9.44. The molecule has 2 aromatic carbocycles. The first kappa shape index (κ1) is 74.0. The Morgan fingerprint density at radius 1 is 0.571 bits per heavy atom. The van der Waals surface area contributed by atoms with Crippen LogP contribution in [0, 0.1) is 0 Å². The molecule has 4 rings (SSSR count). The maximum absolute atomic E-state index is 13.8. The lowest BCUT2D eigenvalue weighted by molar-refractivity contribution is -0.313. The van der Waals surface area contributed by atoms with Crippen LogP contribution in [0.4, 0.5) is 11.4 Å². The Morgan fingerprint density at radius 2 is 1.03 bits per heavy atom. The Balaban J connectivity index is 1.33. The first-order chi connectivity index (χ1) is 43.2. The number of hydrogen-bond acceptors (Lipinski definition) is 27. The largest absolute Gasteiger partial charge is 0.549 e. The molecule has 0 bridgehead atoms. The molecule has 36 heteroatoms. The van der Waals surface area contributed by atoms with Gasteiger partial charge in [-0.3, -0.25) is 62.8 Å². The number of H-pyrrole nitrogens is 1. The highest BCUT2D eigenvalue weighted by Gasteiger charge is 2.34. The molecule has 6 amide bonds. The number of imidazole rings is 1. The van der Waals surface area contributed by atoms with Crippen molar-refractivity contribution in [3.05, 3.63) is 74.6 Å². The highest BCUT2D eigenvalue weighted by molar-refractivity contribution is 5.97. The van der Waals surface area contributed by atoms with Crippen LogP contribution >= 0.6 is 0 Å². The van der Waals surface area contributed by atoms with E-state index in [-0.39, 0.29) is 121 Å². The van der Waals surface area contributed by atoms with E-state index in [2.05, 4.69) is 52.5 Å². The monoisotopic (exact) mass is 1280 g/mol. The average Bonchev–Trinajstić information content (AvgIpc) is 1.10. The van der Waals surface area contributed by atoms with Gasteiger partial charge in [-0.2, -0.15) is 0 Å². The zero-order valence-electron chi connectivity index (χ0n) is 49.5. The predicted octanol–water partition coefficient (Wildman–Crippen LogP) is -12.1. The van der Waals surface area contributed by atoms with Gasteiger partial charge in [0.2, 0.25) is 35.4 Å². The smallest absolute Gasteiger partial charge is 0.328 e. The summed E-state index contributed by atoms with van der Waals surface area (Å²) in [5.41, 5.74) is -1.37. The summed E-state index contributed by atoms with van der Waals surface area (Å²) >= 11 is 0. The number of rotatable bonds is 38. The van der Waals surface area contributed by atoms with Gasteiger partial charge in [0, 0.05) is 122 Å². The van der Waals surface area contributed by atoms with E-state index in [9.17, 15) is 108 Å². The molecule has 0 radical (unpaired) electrons. The molecule has 500 valence electrons. The Labute approximate surface area is 518 Å². The van der Waals surface area contributed by atoms with E-state index in [0.29, 0.717) is 5.56 Å². The molecule has 91 heavy (non-hydrogen) atoms. The molecule has 3 aromatic rings. The lowest BCUT2D eigenvalue weighted by atomic mass is 10.0. The van der Waals surface area contributed by atoms with E-state index in [1.54, 1.807) is 30.3 Å². The number of aliphatic hydroxyl groups excluding tert-OH is 2. The van der Waals surface area contributed by atoms with Gasteiger partial charge in [0.05, 0.1) is 49.8 Å². The number of nitrogens with one attached hydrogen (secondary N) is 9. The van der Waals surface area contributed by atoms with E-state index < -0.39 is 164 Å². The van der Waals surface area contributed by atoms with Crippen molar-refractivity contribution in [1.29, 1.82) is 0 Å². The Bertz CT molecular complexity index is 3020. The van der Waals surface area contributed by atoms with E-state index >= 15 is 0 Å². The van der Waals surface area contributed by atoms with Crippen molar-refractivity contribution in [2.24, 2.45) is 0 Å². The number of amides is 6. The molecule has 1 saturated heterocycles. The number of benzene rings is 1. The van der Waals surface area contributed by atoms with Gasteiger partial charge >= 0.3 is 11.9 Å². The molecule has 0 saturated carbocycles. The maximum Gasteiger partial charge on any atom is 0.328 e. The van der Waals surface area contributed by atoms with Crippen LogP contribution in [-0.4, -0.2) is 262 Å². The molecule has 1 aliphatic rings. The summed E-state index contributed by atoms with van der Waals surface area (Å²) in [5.74, 6) is -15.2. The lowest BCUT2D eigenvalue weighted by Crippen LogP contribution is -2.60. The summed E-state index contributed by atoms with van der Waals surface area (Å²) in [6.07, 6.45) is 0.538. The minimum atomic E-state index is -1.79. The first-order valence-corrected chi connectivity index (χ1v) is 28.7. The number of aromatic amines is 1. The van der Waals surface area contributed by atoms with Crippen LogP contribution in [0.2, 0.25) is 0 Å². The Hall–Kier alpha value is -9.49. The number of anilines is 2. The van der Waals surface area contributed by atoms with Crippen LogP contribution in [0.15, 0.2) is 52.4 Å². The predicted molar refractivity (Wildman–Crippen MR) is 305 cm³/mol. The molecule has 1 aromatic heterocycles. The third-order valence-electron chi connectivity index (χ3n) is 14.3. The van der Waals surface area contributed by atoms with Gasteiger partial charge in [0.25, 0.3) is 10.9 Å². The summed E-state index contributed by atoms with van der Waals surface area (Å²) in [6.45, 7) is -2.80. The summed E-state index contributed by atoms with van der Waals surface area (Å²) in [5, 5.41) is 105. The molecule has 7 atom stereocenters. The average molecular weight is 1280 g/mol. The Morgan fingerprint density at radius 3 is 1.51 bits per heavy atom. The highest BCUT2D eigenvalue weighted by atomic mass is 16.4. The van der Waals surface area contributed by atoms with Crippen molar-refractivity contribution in [3.63, 3.8) is 0 Å². The van der Waals surface area contributed by atoms with Crippen molar-refractivity contribution in [3.8, 4) is 0 Å². The third kappa shape index (κ3) is 25.5. The van der Waals surface area contributed by atoms with Crippen molar-refractivity contribution in [1.82, 2.24) is 61.5 Å². The normalized spacial score (nSPS) is 16.1. The number of carboxylic acid groups (broad SMARTS) is 6. The number of hydrogen-bond donors (Lipinski definition) is 13. The fraction of sp³-hybridized carbons (Fsp3) is 0.545. The van der Waals surface area contributed by atoms with Crippen LogP contribution in [0.5, 0.6) is 0 Å². The van der Waals surface area contributed by atoms with Gasteiger partial charge in [-0.05, 0) is 31.7 Å². The third-order valence-corrected chi connectivity index (χ3v) is 14.3. The summed E-state index contributed by atoms with van der Waals surface area (Å²) in [4.78, 5) is 189. The Kier molecular flexibility index (Phi) is 30.5. The van der Waals surface area contributed by atoms with E-state index in [4.69, 9.17) is 0 Å². The quantitative estimate of drug-likeness (QED) is 0.0187. The SMILES string of the molecule is C[C@H](NC(=O)[C@H](CC(=O)O)NC(=O)CCCNc1c(NCCCC(C(=O)[O-])N2CCN(CC(=O)[O-])CCN(CC(=O)[O-])CCN(CC(=O)[O-])CC2)c(=O)c1=O)C(=O)N[C@@H](Cc1cnc[nH]1)C(=O)N[C@@H](CO)C(=O)N[C@@H](Cc1ccccc1)C(=O)N[C@@H](CO)C(=O)O. The molecule has 1 aliphatic heterocycles. The second-order valence-corrected chi connectivity index (χ2v) is 21.2. The van der Waals surface area contributed by atoms with Crippen LogP contribution in [0.3, 0.4) is 0 Å². The van der Waals surface area contributed by atoms with Crippen molar-refractivity contribution in [2.75, 3.05) is 109 Å². The van der Waals surface area contributed by atoms with Crippen LogP contribution in [0.1, 0.15) is 50.3 Å². The van der Waals surface area contributed by atoms with E-state index in [1.165, 1.54) is 32.1 Å². The molecule has 2 heterocycles. The van der Waals surface area contributed by atoms with Crippen LogP contribution in [-0.2, 0) is 70.4 Å². The number of carboxylic acids is 6. The van der Waals surface area contributed by atoms with Crippen molar-refractivity contribution in [2.45, 2.75) is 94.2 Å². The van der Waals surface area contributed by atoms with Gasteiger partial charge in [0.15, 0.2) is 0 Å². The van der Waals surface area contributed by atoms with Gasteiger partial charge in [-0.15, -0.1) is 0 Å². The topological polar surface area (TPSA) is 550 Å². The molecule has 36 nitrogen and oxygen atoms in total. The summed E-state index contributed by atoms with van der Waals surface area (Å²) in [6, 6.07) is -3.12. The molecular weight excluding hydrogens is 1210 g/mol. The number of aromatic nitrogens is 2. The summed E-state index contributed by atoms with van der Waals surface area (Å²) < 4.78 is 0. The summed E-state index contributed by atoms with van der Waals surface area (Å²) in [7, 11) is 0. The molecule has 0 spiro atoms. The number of nitrogens with zero attached hydrogens (tertiary/aromatic N) is 5. The standard InChI is InChI=1S/C55H78N14O22/c1-31(49(83)62-35(22-33-24-56-30-59-33)52(86)64-37(28-70)53(87)63-34(21-32-7-3-2-4-8-32)51(85)65-38(29-71)54(88)89)60-50(84)36(23-41(73)74)61-40(72)10-6-12-58-46-45(47(81)48(46)82)57-11-5-9-39(55(90)91)69-19-17-67(26-43(77)78)15-13-66(25-42(75)76)14-16-68(18-20-69)27-44(79)80/h2-4,7-8,24,30-31,34-39,57-58,70-71H,5-6,9-23,25-29H2,1H3,(H,56,59)(H,60,84)(H,61,72)(H,62,83)(H,63,87)(H,64,86)(H,65,85)(H,73,74)(H,75,76)(H,77,78)(H,79,80)(H,88,89)(H,90,91)/p-4/t31-,34-,35-,36-,37-,38-,39?/m0/s1. The minimum absolute atomic E-state index is 0.0191. The second kappa shape index (κ2) is 37.5. The van der Waals surface area contributed by atoms with E-state index in [1.807, 2.05) is 0 Å². The zero-order chi connectivity index (χ0) is 67.3. The van der Waals surface area contributed by atoms with E-state index in [0.717, 1.165) is 6.92 Å². The van der Waals surface area contributed by atoms with Crippen molar-refractivity contribution >= 4 is 82.6 Å². The number of carbonyl (C=O) groups is 12. The van der Waals surface area contributed by atoms with Crippen LogP contribution < -0.4 is 73.8 Å². The molecule has 1 unspecified atom stereocenters. The van der Waals surface area contributed by atoms with Gasteiger partial charge in [-0.25, -0.2) is 9.78 Å². The first-order valence-electron chi connectivity index (χ1n) is 28.7. The molecule has 13 N–H and O–H groups in total. The fourth-order valence-corrected chi connectivity index (χ4v) is 9.44. The lowest BCUT2D eigenvalue weighted by Gasteiger charge is -2.38. The van der Waals surface area contributed by atoms with Gasteiger partial charge < -0.3 is 108 Å². The molecule has 0 aliphatic carbocycles. The van der Waals surface area contributed by atoms with Gasteiger partial charge in [-0.1, -0.05) is 30.3 Å². The number of aliphatic carboxylic acids is 6. The molecule has 1 fully saturated rings. The molecular formula is C55H74N14O22-4. The number of aliphatic hydroxyl groups is 2. The highest BCUT2D eigenvalue weighted by Crippen LogP contribution is 2.16. The van der Waals surface area contributed by atoms with Crippen LogP contribution in [0.25, 0.3) is 0 Å². The zero-order valence-corrected chi connectivity index (χ0v) is 49.5. The van der Waals surface area contributed by atoms with Gasteiger partial charge in [0.1, 0.15) is 47.6 Å². The second-order valence-electron chi connectivity index (χ2n) is 21.2. The maximum atomic E-state index is 13.8.